The van der Waals surface area contributed by atoms with Crippen LogP contribution in [-0.4, -0.2) is 6.54 Å². The molecule has 1 aromatic carbocycles. The van der Waals surface area contributed by atoms with Gasteiger partial charge in [0.05, 0.1) is 5.56 Å². The Bertz CT molecular complexity index is 419. The molecule has 1 aromatic rings. The zero-order valence-electron chi connectivity index (χ0n) is 9.77. The maximum atomic E-state index is 12.6. The van der Waals surface area contributed by atoms with Gasteiger partial charge in [-0.15, -0.1) is 0 Å². The molecule has 4 heteroatoms. The summed E-state index contributed by atoms with van der Waals surface area (Å²) in [7, 11) is 0. The summed E-state index contributed by atoms with van der Waals surface area (Å²) in [5.41, 5.74) is 7.00. The van der Waals surface area contributed by atoms with E-state index in [-0.39, 0.29) is 5.41 Å². The lowest BCUT2D eigenvalue weighted by atomic mass is 9.82. The number of fused-ring (bicyclic) bond motifs is 1. The van der Waals surface area contributed by atoms with Crippen molar-refractivity contribution in [2.45, 2.75) is 32.4 Å². The predicted octanol–water partition coefficient (Wildman–Crippen LogP) is 3.16. The number of hydrogen-bond acceptors (Lipinski definition) is 1. The molecule has 1 aliphatic rings. The van der Waals surface area contributed by atoms with Crippen LogP contribution in [0.5, 0.6) is 0 Å². The molecule has 0 spiro atoms. The van der Waals surface area contributed by atoms with Gasteiger partial charge in [-0.3, -0.25) is 0 Å². The highest BCUT2D eigenvalue weighted by Crippen LogP contribution is 2.41. The van der Waals surface area contributed by atoms with Crippen molar-refractivity contribution in [2.75, 3.05) is 6.54 Å². The third-order valence-corrected chi connectivity index (χ3v) is 3.85. The van der Waals surface area contributed by atoms with Gasteiger partial charge in [0.1, 0.15) is 0 Å². The standard InChI is InChI=1S/C13H16F3N/c1-2-12(8-17)6-9-3-4-11(13(14,15)16)5-10(9)7-12/h3-5H,2,6-8,17H2,1H3. The SMILES string of the molecule is CCC1(CN)Cc2ccc(C(F)(F)F)cc2C1. The maximum Gasteiger partial charge on any atom is 0.416 e. The molecule has 0 bridgehead atoms. The van der Waals surface area contributed by atoms with Crippen LogP contribution in [0.2, 0.25) is 0 Å². The lowest BCUT2D eigenvalue weighted by Gasteiger charge is -2.24. The van der Waals surface area contributed by atoms with E-state index in [4.69, 9.17) is 5.73 Å². The zero-order valence-corrected chi connectivity index (χ0v) is 9.77. The Morgan fingerprint density at radius 2 is 1.88 bits per heavy atom. The number of alkyl halides is 3. The Morgan fingerprint density at radius 1 is 1.24 bits per heavy atom. The van der Waals surface area contributed by atoms with Gasteiger partial charge in [0.2, 0.25) is 0 Å². The molecule has 0 amide bonds. The Hall–Kier alpha value is -1.03. The maximum absolute atomic E-state index is 12.6. The lowest BCUT2D eigenvalue weighted by molar-refractivity contribution is -0.137. The second-order valence-electron chi connectivity index (χ2n) is 4.89. The van der Waals surface area contributed by atoms with Crippen molar-refractivity contribution in [2.24, 2.45) is 11.1 Å². The van der Waals surface area contributed by atoms with E-state index in [9.17, 15) is 13.2 Å². The van der Waals surface area contributed by atoms with E-state index >= 15 is 0 Å². The molecular formula is C13H16F3N. The van der Waals surface area contributed by atoms with Crippen molar-refractivity contribution in [3.05, 3.63) is 34.9 Å². The van der Waals surface area contributed by atoms with Crippen molar-refractivity contribution >= 4 is 0 Å². The summed E-state index contributed by atoms with van der Waals surface area (Å²) in [5, 5.41) is 0. The average Bonchev–Trinajstić information content (AvgIpc) is 2.66. The highest BCUT2D eigenvalue weighted by molar-refractivity contribution is 5.39. The van der Waals surface area contributed by atoms with Crippen LogP contribution in [0.1, 0.15) is 30.0 Å². The van der Waals surface area contributed by atoms with Gasteiger partial charge in [-0.25, -0.2) is 0 Å². The van der Waals surface area contributed by atoms with Crippen molar-refractivity contribution < 1.29 is 13.2 Å². The Labute approximate surface area is 98.8 Å². The van der Waals surface area contributed by atoms with Gasteiger partial charge in [-0.2, -0.15) is 13.2 Å². The smallest absolute Gasteiger partial charge is 0.330 e. The number of halogens is 3. The molecule has 0 heterocycles. The van der Waals surface area contributed by atoms with Crippen molar-refractivity contribution in [3.63, 3.8) is 0 Å². The van der Waals surface area contributed by atoms with Crippen LogP contribution >= 0.6 is 0 Å². The van der Waals surface area contributed by atoms with Crippen LogP contribution in [0.3, 0.4) is 0 Å². The van der Waals surface area contributed by atoms with Crippen molar-refractivity contribution in [1.82, 2.24) is 0 Å². The van der Waals surface area contributed by atoms with Crippen LogP contribution in [0, 0.1) is 5.41 Å². The van der Waals surface area contributed by atoms with Crippen LogP contribution in [-0.2, 0) is 19.0 Å². The molecule has 0 fully saturated rings. The second-order valence-corrected chi connectivity index (χ2v) is 4.89. The van der Waals surface area contributed by atoms with Gasteiger partial charge in [0, 0.05) is 0 Å². The third kappa shape index (κ3) is 2.18. The van der Waals surface area contributed by atoms with Crippen LogP contribution < -0.4 is 5.73 Å². The van der Waals surface area contributed by atoms with Gasteiger partial charge in [0.15, 0.2) is 0 Å². The molecular weight excluding hydrogens is 227 g/mol. The topological polar surface area (TPSA) is 26.0 Å². The molecule has 1 atom stereocenters. The van der Waals surface area contributed by atoms with Crippen LogP contribution in [0.4, 0.5) is 13.2 Å². The zero-order chi connectivity index (χ0) is 12.7. The third-order valence-electron chi connectivity index (χ3n) is 3.85. The van der Waals surface area contributed by atoms with E-state index in [1.54, 1.807) is 6.07 Å². The molecule has 94 valence electrons. The quantitative estimate of drug-likeness (QED) is 0.848. The van der Waals surface area contributed by atoms with E-state index in [1.807, 2.05) is 6.92 Å². The fourth-order valence-electron chi connectivity index (χ4n) is 2.55. The first kappa shape index (κ1) is 12.4. The van der Waals surface area contributed by atoms with Gasteiger partial charge in [-0.05, 0) is 54.5 Å². The highest BCUT2D eigenvalue weighted by Gasteiger charge is 2.37. The lowest BCUT2D eigenvalue weighted by Crippen LogP contribution is -2.30. The van der Waals surface area contributed by atoms with Crippen LogP contribution in [0.25, 0.3) is 0 Å². The first-order chi connectivity index (χ1) is 7.90. The number of rotatable bonds is 2. The largest absolute Gasteiger partial charge is 0.416 e. The molecule has 0 aromatic heterocycles. The second kappa shape index (κ2) is 4.02. The minimum Gasteiger partial charge on any atom is -0.330 e. The summed E-state index contributed by atoms with van der Waals surface area (Å²) >= 11 is 0. The monoisotopic (exact) mass is 243 g/mol. The molecule has 2 N–H and O–H groups in total. The van der Waals surface area contributed by atoms with E-state index in [2.05, 4.69) is 0 Å². The van der Waals surface area contributed by atoms with Crippen molar-refractivity contribution in [1.29, 1.82) is 0 Å². The Morgan fingerprint density at radius 3 is 2.41 bits per heavy atom. The molecule has 1 unspecified atom stereocenters. The Balaban J connectivity index is 2.34. The molecule has 0 saturated heterocycles. The van der Waals surface area contributed by atoms with Crippen molar-refractivity contribution in [3.8, 4) is 0 Å². The van der Waals surface area contributed by atoms with Gasteiger partial charge >= 0.3 is 6.18 Å². The molecule has 2 rings (SSSR count). The van der Waals surface area contributed by atoms with E-state index in [0.717, 1.165) is 24.0 Å². The summed E-state index contributed by atoms with van der Waals surface area (Å²) in [6, 6.07) is 4.05. The first-order valence-corrected chi connectivity index (χ1v) is 5.79. The number of nitrogens with two attached hydrogens (primary N) is 1. The fraction of sp³-hybridized carbons (Fsp3) is 0.538. The number of benzene rings is 1. The Kier molecular flexibility index (Phi) is 2.94. The minimum atomic E-state index is -4.25. The summed E-state index contributed by atoms with van der Waals surface area (Å²) in [6.07, 6.45) is -1.89. The minimum absolute atomic E-state index is 0.0352. The van der Waals surface area contributed by atoms with E-state index < -0.39 is 11.7 Å². The van der Waals surface area contributed by atoms with Gasteiger partial charge in [-0.1, -0.05) is 13.0 Å². The summed E-state index contributed by atoms with van der Waals surface area (Å²) in [4.78, 5) is 0. The predicted molar refractivity (Wildman–Crippen MR) is 60.6 cm³/mol. The number of hydrogen-bond donors (Lipinski definition) is 1. The highest BCUT2D eigenvalue weighted by atomic mass is 19.4. The molecule has 1 aliphatic carbocycles. The van der Waals surface area contributed by atoms with Crippen LogP contribution in [0.15, 0.2) is 18.2 Å². The van der Waals surface area contributed by atoms with Gasteiger partial charge < -0.3 is 5.73 Å². The molecule has 0 radical (unpaired) electrons. The fourth-order valence-corrected chi connectivity index (χ4v) is 2.55. The first-order valence-electron chi connectivity index (χ1n) is 5.79. The summed E-state index contributed by atoms with van der Waals surface area (Å²) in [6.45, 7) is 2.57. The van der Waals surface area contributed by atoms with E-state index in [1.165, 1.54) is 12.1 Å². The molecule has 0 saturated carbocycles. The molecule has 1 nitrogen and oxygen atoms in total. The van der Waals surface area contributed by atoms with Gasteiger partial charge in [0.25, 0.3) is 0 Å². The van der Waals surface area contributed by atoms with E-state index in [0.29, 0.717) is 13.0 Å². The summed E-state index contributed by atoms with van der Waals surface area (Å²) in [5.74, 6) is 0. The normalized spacial score (nSPS) is 23.8. The summed E-state index contributed by atoms with van der Waals surface area (Å²) < 4.78 is 37.8. The molecule has 0 aliphatic heterocycles. The molecule has 17 heavy (non-hydrogen) atoms. The average molecular weight is 243 g/mol.